The van der Waals surface area contributed by atoms with E-state index in [0.717, 1.165) is 13.0 Å². The van der Waals surface area contributed by atoms with Gasteiger partial charge in [-0.15, -0.1) is 0 Å². The van der Waals surface area contributed by atoms with Crippen LogP contribution in [0.15, 0.2) is 0 Å². The van der Waals surface area contributed by atoms with E-state index in [4.69, 9.17) is 4.74 Å². The van der Waals surface area contributed by atoms with Crippen molar-refractivity contribution in [1.82, 2.24) is 14.9 Å². The summed E-state index contributed by atoms with van der Waals surface area (Å²) in [6, 6.07) is 0.470. The number of ether oxygens (including phenoxy) is 1. The molecule has 0 aliphatic carbocycles. The SMILES string of the molecule is CC(C)NSC(C)CCOC(C)(C)C(=O)NCCN(C)C. The van der Waals surface area contributed by atoms with Crippen LogP contribution in [0, 0.1) is 0 Å². The Hall–Kier alpha value is -0.300. The normalized spacial score (nSPS) is 13.8. The summed E-state index contributed by atoms with van der Waals surface area (Å²) >= 11 is 1.72. The van der Waals surface area contributed by atoms with Gasteiger partial charge >= 0.3 is 0 Å². The Morgan fingerprint density at radius 2 is 1.90 bits per heavy atom. The molecule has 126 valence electrons. The summed E-state index contributed by atoms with van der Waals surface area (Å²) in [5.41, 5.74) is -0.776. The van der Waals surface area contributed by atoms with E-state index in [1.54, 1.807) is 11.9 Å². The van der Waals surface area contributed by atoms with Crippen LogP contribution in [0.5, 0.6) is 0 Å². The summed E-state index contributed by atoms with van der Waals surface area (Å²) < 4.78 is 9.09. The van der Waals surface area contributed by atoms with Crippen LogP contribution < -0.4 is 10.0 Å². The first-order chi connectivity index (χ1) is 9.65. The zero-order valence-corrected chi connectivity index (χ0v) is 15.5. The van der Waals surface area contributed by atoms with Gasteiger partial charge in [-0.05, 0) is 48.2 Å². The number of amides is 1. The van der Waals surface area contributed by atoms with Crippen LogP contribution in [-0.2, 0) is 9.53 Å². The maximum absolute atomic E-state index is 12.1. The molecule has 0 rings (SSSR count). The first-order valence-electron chi connectivity index (χ1n) is 7.63. The molecule has 0 spiro atoms. The van der Waals surface area contributed by atoms with Crippen LogP contribution in [0.25, 0.3) is 0 Å². The minimum Gasteiger partial charge on any atom is -0.366 e. The second-order valence-electron chi connectivity index (χ2n) is 6.41. The van der Waals surface area contributed by atoms with Gasteiger partial charge in [-0.3, -0.25) is 9.52 Å². The summed E-state index contributed by atoms with van der Waals surface area (Å²) in [7, 11) is 3.97. The predicted molar refractivity (Wildman–Crippen MR) is 91.5 cm³/mol. The summed E-state index contributed by atoms with van der Waals surface area (Å²) in [4.78, 5) is 14.1. The Balaban J connectivity index is 3.92. The molecule has 0 aromatic carbocycles. The van der Waals surface area contributed by atoms with Crippen molar-refractivity contribution in [2.45, 2.75) is 57.9 Å². The van der Waals surface area contributed by atoms with Crippen molar-refractivity contribution in [3.05, 3.63) is 0 Å². The molecule has 21 heavy (non-hydrogen) atoms. The molecule has 5 nitrogen and oxygen atoms in total. The Labute approximate surface area is 134 Å². The lowest BCUT2D eigenvalue weighted by Gasteiger charge is -2.25. The van der Waals surface area contributed by atoms with E-state index in [1.807, 2.05) is 32.8 Å². The maximum Gasteiger partial charge on any atom is 0.251 e. The van der Waals surface area contributed by atoms with Gasteiger partial charge in [0.1, 0.15) is 5.60 Å². The number of hydrogen-bond acceptors (Lipinski definition) is 5. The van der Waals surface area contributed by atoms with E-state index < -0.39 is 5.60 Å². The van der Waals surface area contributed by atoms with Crippen molar-refractivity contribution in [3.63, 3.8) is 0 Å². The number of rotatable bonds is 11. The number of carbonyl (C=O) groups excluding carboxylic acids is 1. The van der Waals surface area contributed by atoms with Gasteiger partial charge < -0.3 is 15.0 Å². The highest BCUT2D eigenvalue weighted by Gasteiger charge is 2.28. The van der Waals surface area contributed by atoms with E-state index in [9.17, 15) is 4.79 Å². The van der Waals surface area contributed by atoms with Gasteiger partial charge in [0.05, 0.1) is 0 Å². The van der Waals surface area contributed by atoms with Crippen LogP contribution in [0.1, 0.15) is 41.0 Å². The number of hydrogen-bond donors (Lipinski definition) is 2. The van der Waals surface area contributed by atoms with Crippen LogP contribution in [-0.4, -0.2) is 61.5 Å². The molecule has 0 heterocycles. The first-order valence-corrected chi connectivity index (χ1v) is 8.51. The summed E-state index contributed by atoms with van der Waals surface area (Å²) in [6.07, 6.45) is 0.915. The van der Waals surface area contributed by atoms with Gasteiger partial charge in [0.2, 0.25) is 0 Å². The van der Waals surface area contributed by atoms with Gasteiger partial charge in [0.15, 0.2) is 0 Å². The van der Waals surface area contributed by atoms with Gasteiger partial charge in [-0.25, -0.2) is 0 Å². The average Bonchev–Trinajstić information content (AvgIpc) is 2.35. The molecule has 0 aromatic rings. The number of likely N-dealkylation sites (N-methyl/N-ethyl adjacent to an activating group) is 1. The fourth-order valence-electron chi connectivity index (χ4n) is 1.46. The molecule has 0 saturated carbocycles. The molecule has 0 aliphatic heterocycles. The van der Waals surface area contributed by atoms with Crippen LogP contribution in [0.2, 0.25) is 0 Å². The highest BCUT2D eigenvalue weighted by atomic mass is 32.2. The van der Waals surface area contributed by atoms with Crippen LogP contribution >= 0.6 is 11.9 Å². The standard InChI is InChI=1S/C15H33N3O2S/c1-12(2)17-21-13(3)8-11-20-15(4,5)14(19)16-9-10-18(6)7/h12-13,17H,8-11H2,1-7H3,(H,16,19). The van der Waals surface area contributed by atoms with Gasteiger partial charge in [0.25, 0.3) is 5.91 Å². The molecule has 0 bridgehead atoms. The number of nitrogens with one attached hydrogen (secondary N) is 2. The Kier molecular flexibility index (Phi) is 10.3. The van der Waals surface area contributed by atoms with E-state index >= 15 is 0 Å². The lowest BCUT2D eigenvalue weighted by molar-refractivity contribution is -0.142. The number of carbonyl (C=O) groups is 1. The minimum absolute atomic E-state index is 0.0510. The molecule has 2 N–H and O–H groups in total. The molecule has 1 unspecified atom stereocenters. The molecule has 1 atom stereocenters. The summed E-state index contributed by atoms with van der Waals surface area (Å²) in [5, 5.41) is 3.37. The molecule has 0 aromatic heterocycles. The zero-order chi connectivity index (χ0) is 16.5. The predicted octanol–water partition coefficient (Wildman–Crippen LogP) is 1.88. The third-order valence-corrected chi connectivity index (χ3v) is 4.13. The largest absolute Gasteiger partial charge is 0.366 e. The van der Waals surface area contributed by atoms with Crippen molar-refractivity contribution in [1.29, 1.82) is 0 Å². The molecule has 0 fully saturated rings. The third-order valence-electron chi connectivity index (χ3n) is 2.88. The Bertz CT molecular complexity index is 297. The Morgan fingerprint density at radius 3 is 2.43 bits per heavy atom. The monoisotopic (exact) mass is 319 g/mol. The fourth-order valence-corrected chi connectivity index (χ4v) is 2.18. The highest BCUT2D eigenvalue weighted by Crippen LogP contribution is 2.15. The second kappa shape index (κ2) is 10.4. The lowest BCUT2D eigenvalue weighted by atomic mass is 10.1. The van der Waals surface area contributed by atoms with Gasteiger partial charge in [0, 0.05) is 31.0 Å². The van der Waals surface area contributed by atoms with Crippen LogP contribution in [0.3, 0.4) is 0 Å². The fraction of sp³-hybridized carbons (Fsp3) is 0.933. The smallest absolute Gasteiger partial charge is 0.251 e. The van der Waals surface area contributed by atoms with Crippen molar-refractivity contribution < 1.29 is 9.53 Å². The second-order valence-corrected chi connectivity index (χ2v) is 7.68. The average molecular weight is 320 g/mol. The molecular weight excluding hydrogens is 286 g/mol. The first kappa shape index (κ1) is 20.7. The van der Waals surface area contributed by atoms with E-state index in [1.165, 1.54) is 0 Å². The van der Waals surface area contributed by atoms with Crippen molar-refractivity contribution in [3.8, 4) is 0 Å². The highest BCUT2D eigenvalue weighted by molar-refractivity contribution is 7.98. The van der Waals surface area contributed by atoms with Crippen molar-refractivity contribution in [2.75, 3.05) is 33.8 Å². The van der Waals surface area contributed by atoms with E-state index in [0.29, 0.717) is 24.4 Å². The number of nitrogens with zero attached hydrogens (tertiary/aromatic N) is 1. The van der Waals surface area contributed by atoms with Crippen molar-refractivity contribution in [2.24, 2.45) is 0 Å². The van der Waals surface area contributed by atoms with Crippen LogP contribution in [0.4, 0.5) is 0 Å². The molecule has 0 radical (unpaired) electrons. The Morgan fingerprint density at radius 1 is 1.29 bits per heavy atom. The summed E-state index contributed by atoms with van der Waals surface area (Å²) in [5.74, 6) is -0.0510. The molecule has 0 saturated heterocycles. The van der Waals surface area contributed by atoms with Crippen molar-refractivity contribution >= 4 is 17.9 Å². The molecule has 6 heteroatoms. The quantitative estimate of drug-likeness (QED) is 0.570. The molecule has 0 aliphatic rings. The molecule has 1 amide bonds. The molecular formula is C15H33N3O2S. The van der Waals surface area contributed by atoms with Gasteiger partial charge in [-0.2, -0.15) is 0 Å². The van der Waals surface area contributed by atoms with Gasteiger partial charge in [-0.1, -0.05) is 18.9 Å². The maximum atomic E-state index is 12.1. The van der Waals surface area contributed by atoms with E-state index in [2.05, 4.69) is 30.8 Å². The lowest BCUT2D eigenvalue weighted by Crippen LogP contribution is -2.46. The summed E-state index contributed by atoms with van der Waals surface area (Å²) in [6.45, 7) is 12.1. The minimum atomic E-state index is -0.776. The topological polar surface area (TPSA) is 53.6 Å². The zero-order valence-electron chi connectivity index (χ0n) is 14.7. The third kappa shape index (κ3) is 11.0. The van der Waals surface area contributed by atoms with E-state index in [-0.39, 0.29) is 5.91 Å².